The van der Waals surface area contributed by atoms with Gasteiger partial charge in [-0.25, -0.2) is 4.18 Å². The second kappa shape index (κ2) is 42.6. The van der Waals surface area contributed by atoms with Crippen molar-refractivity contribution in [3.05, 3.63) is 85.1 Å². The Labute approximate surface area is 393 Å². The van der Waals surface area contributed by atoms with Crippen LogP contribution in [0.2, 0.25) is 0 Å². The maximum Gasteiger partial charge on any atom is 0.397 e. The smallest absolute Gasteiger partial charge is 0.397 e. The number of aliphatic hydroxyl groups excluding tert-OH is 3. The molecule has 0 amide bonds. The molecule has 0 saturated carbocycles. The highest BCUT2D eigenvalue weighted by molar-refractivity contribution is 7.80. The Bertz CT molecular complexity index is 1450. The molecule has 1 aliphatic heterocycles. The van der Waals surface area contributed by atoms with Gasteiger partial charge in [-0.15, -0.1) is 0 Å². The molecule has 0 spiro atoms. The Balaban J connectivity index is 2.37. The Morgan fingerprint density at radius 3 is 1.55 bits per heavy atom. The zero-order chi connectivity index (χ0) is 47.5. The standard InChI is InChI=1S/C52H88O12S/c1-3-5-7-9-11-13-15-17-19-20-21-22-23-24-25-26-27-28-30-32-34-36-38-40-42-60-44-46(45-61-52-50(56)51(64-65(57,58)59)49(55)47(43-53)63-52)62-48(54)41-39-37-35-33-31-29-18-16-14-12-10-8-6-4-2/h5,7,10-13,16-19,21-22,24-25,46-47,49-53,55-56H,3-4,6,8-9,14-15,20,23,26-45H2,1-2H3,(H,57,58,59)/b7-5-,12-10-,13-11-,18-16-,19-17-,22-21-,25-24-. The summed E-state index contributed by atoms with van der Waals surface area (Å²) >= 11 is 0. The highest BCUT2D eigenvalue weighted by Gasteiger charge is 2.48. The van der Waals surface area contributed by atoms with Gasteiger partial charge in [-0.05, 0) is 83.5 Å². The number of hydrogen-bond acceptors (Lipinski definition) is 11. The van der Waals surface area contributed by atoms with E-state index in [4.69, 9.17) is 18.9 Å². The van der Waals surface area contributed by atoms with Crippen molar-refractivity contribution in [1.29, 1.82) is 0 Å². The van der Waals surface area contributed by atoms with Gasteiger partial charge in [-0.2, -0.15) is 8.42 Å². The van der Waals surface area contributed by atoms with Crippen LogP contribution in [0.1, 0.15) is 174 Å². The third kappa shape index (κ3) is 36.1. The van der Waals surface area contributed by atoms with Gasteiger partial charge in [-0.1, -0.05) is 170 Å². The molecule has 374 valence electrons. The highest BCUT2D eigenvalue weighted by Crippen LogP contribution is 2.26. The molecule has 6 atom stereocenters. The SMILES string of the molecule is CC/C=C\C/C=C\C/C=C\C/C=C\C/C=C\CCCCCCCCCCOCC(COC1OC(CO)C(O)C(OS(=O)(=O)O)C1O)OC(=O)CCCCCCC/C=C\C/C=C\CCCC. The van der Waals surface area contributed by atoms with Crippen LogP contribution in [-0.2, 0) is 38.3 Å². The van der Waals surface area contributed by atoms with Gasteiger partial charge in [0.1, 0.15) is 30.5 Å². The van der Waals surface area contributed by atoms with Crippen LogP contribution in [0.25, 0.3) is 0 Å². The number of allylic oxidation sites excluding steroid dienone is 14. The molecule has 1 rings (SSSR count). The maximum absolute atomic E-state index is 12.9. The summed E-state index contributed by atoms with van der Waals surface area (Å²) in [4.78, 5) is 12.9. The fourth-order valence-corrected chi connectivity index (χ4v) is 7.52. The number of aliphatic hydroxyl groups is 3. The third-order valence-electron chi connectivity index (χ3n) is 10.8. The van der Waals surface area contributed by atoms with Crippen molar-refractivity contribution >= 4 is 16.4 Å². The summed E-state index contributed by atoms with van der Waals surface area (Å²) < 4.78 is 59.2. The van der Waals surface area contributed by atoms with Crippen LogP contribution < -0.4 is 0 Å². The van der Waals surface area contributed by atoms with E-state index in [0.717, 1.165) is 103 Å². The van der Waals surface area contributed by atoms with Gasteiger partial charge >= 0.3 is 16.4 Å². The summed E-state index contributed by atoms with van der Waals surface area (Å²) in [6.45, 7) is 3.78. The predicted octanol–water partition coefficient (Wildman–Crippen LogP) is 11.2. The minimum Gasteiger partial charge on any atom is -0.457 e. The van der Waals surface area contributed by atoms with E-state index < -0.39 is 59.8 Å². The molecule has 4 N–H and O–H groups in total. The lowest BCUT2D eigenvalue weighted by Gasteiger charge is -2.41. The molecule has 13 heteroatoms. The van der Waals surface area contributed by atoms with Crippen molar-refractivity contribution in [2.24, 2.45) is 0 Å². The lowest BCUT2D eigenvalue weighted by atomic mass is 9.99. The van der Waals surface area contributed by atoms with Crippen LogP contribution in [-0.4, -0.2) is 97.5 Å². The van der Waals surface area contributed by atoms with Crippen molar-refractivity contribution in [2.75, 3.05) is 26.4 Å². The highest BCUT2D eigenvalue weighted by atomic mass is 32.3. The van der Waals surface area contributed by atoms with Gasteiger partial charge in [-0.3, -0.25) is 9.35 Å². The number of hydrogen-bond donors (Lipinski definition) is 4. The molecule has 1 aliphatic rings. The second-order valence-electron chi connectivity index (χ2n) is 16.7. The normalized spacial score (nSPS) is 20.4. The molecule has 1 saturated heterocycles. The van der Waals surface area contributed by atoms with E-state index in [-0.39, 0.29) is 19.6 Å². The number of rotatable bonds is 42. The average Bonchev–Trinajstić information content (AvgIpc) is 3.28. The van der Waals surface area contributed by atoms with Gasteiger partial charge < -0.3 is 34.3 Å². The zero-order valence-corrected chi connectivity index (χ0v) is 40.8. The number of esters is 1. The fraction of sp³-hybridized carbons (Fsp3) is 0.712. The molecule has 65 heavy (non-hydrogen) atoms. The molecule has 0 aromatic rings. The largest absolute Gasteiger partial charge is 0.457 e. The lowest BCUT2D eigenvalue weighted by Crippen LogP contribution is -2.60. The lowest BCUT2D eigenvalue weighted by molar-refractivity contribution is -0.301. The van der Waals surface area contributed by atoms with E-state index in [1.165, 1.54) is 44.9 Å². The van der Waals surface area contributed by atoms with Crippen molar-refractivity contribution < 1.29 is 56.2 Å². The van der Waals surface area contributed by atoms with Gasteiger partial charge in [0.2, 0.25) is 0 Å². The molecular formula is C52H88O12S. The number of carbonyl (C=O) groups is 1. The Kier molecular flexibility index (Phi) is 39.5. The van der Waals surface area contributed by atoms with Crippen LogP contribution in [0.3, 0.4) is 0 Å². The van der Waals surface area contributed by atoms with Gasteiger partial charge in [0.25, 0.3) is 0 Å². The summed E-state index contributed by atoms with van der Waals surface area (Å²) in [7, 11) is -5.07. The first-order valence-corrected chi connectivity index (χ1v) is 26.2. The topological polar surface area (TPSA) is 178 Å². The summed E-state index contributed by atoms with van der Waals surface area (Å²) in [5.41, 5.74) is 0. The molecule has 1 heterocycles. The van der Waals surface area contributed by atoms with Crippen molar-refractivity contribution in [1.82, 2.24) is 0 Å². The van der Waals surface area contributed by atoms with Crippen LogP contribution >= 0.6 is 0 Å². The van der Waals surface area contributed by atoms with Crippen molar-refractivity contribution in [3.63, 3.8) is 0 Å². The van der Waals surface area contributed by atoms with E-state index >= 15 is 0 Å². The molecular weight excluding hydrogens is 849 g/mol. The number of ether oxygens (including phenoxy) is 4. The average molecular weight is 937 g/mol. The van der Waals surface area contributed by atoms with Crippen molar-refractivity contribution in [2.45, 2.75) is 211 Å². The van der Waals surface area contributed by atoms with Gasteiger partial charge in [0.15, 0.2) is 6.29 Å². The Hall–Kier alpha value is -2.72. The molecule has 0 bridgehead atoms. The number of carbonyl (C=O) groups excluding carboxylic acids is 1. The molecule has 0 radical (unpaired) electrons. The van der Waals surface area contributed by atoms with E-state index in [0.29, 0.717) is 13.0 Å². The van der Waals surface area contributed by atoms with Crippen molar-refractivity contribution in [3.8, 4) is 0 Å². The van der Waals surface area contributed by atoms with Crippen LogP contribution in [0.4, 0.5) is 0 Å². The summed E-state index contributed by atoms with van der Waals surface area (Å²) in [5, 5.41) is 30.7. The second-order valence-corrected chi connectivity index (χ2v) is 17.7. The van der Waals surface area contributed by atoms with E-state index in [2.05, 4.69) is 103 Å². The van der Waals surface area contributed by atoms with E-state index in [1.807, 2.05) is 0 Å². The predicted molar refractivity (Wildman–Crippen MR) is 262 cm³/mol. The summed E-state index contributed by atoms with van der Waals surface area (Å²) in [6, 6.07) is 0. The molecule has 6 unspecified atom stereocenters. The fourth-order valence-electron chi connectivity index (χ4n) is 7.01. The first kappa shape index (κ1) is 60.3. The monoisotopic (exact) mass is 937 g/mol. The number of unbranched alkanes of at least 4 members (excludes halogenated alkanes) is 15. The van der Waals surface area contributed by atoms with Gasteiger partial charge in [0.05, 0.1) is 19.8 Å². The Morgan fingerprint density at radius 2 is 1.06 bits per heavy atom. The van der Waals surface area contributed by atoms with E-state index in [9.17, 15) is 33.1 Å². The zero-order valence-electron chi connectivity index (χ0n) is 40.0. The van der Waals surface area contributed by atoms with Gasteiger partial charge in [0, 0.05) is 13.0 Å². The molecule has 0 aromatic heterocycles. The third-order valence-corrected chi connectivity index (χ3v) is 11.2. The maximum atomic E-state index is 12.9. The summed E-state index contributed by atoms with van der Waals surface area (Å²) in [6.07, 6.45) is 47.5. The minimum absolute atomic E-state index is 0.0193. The summed E-state index contributed by atoms with van der Waals surface area (Å²) in [5.74, 6) is -0.420. The van der Waals surface area contributed by atoms with Crippen LogP contribution in [0.5, 0.6) is 0 Å². The molecule has 0 aliphatic carbocycles. The molecule has 1 fully saturated rings. The molecule has 0 aromatic carbocycles. The van der Waals surface area contributed by atoms with Crippen LogP contribution in [0.15, 0.2) is 85.1 Å². The molecule has 12 nitrogen and oxygen atoms in total. The minimum atomic E-state index is -5.07. The quantitative estimate of drug-likeness (QED) is 0.0197. The van der Waals surface area contributed by atoms with E-state index in [1.54, 1.807) is 0 Å². The first-order valence-electron chi connectivity index (χ1n) is 24.8. The first-order chi connectivity index (χ1) is 31.6. The van der Waals surface area contributed by atoms with Crippen LogP contribution in [0, 0.1) is 0 Å². The Morgan fingerprint density at radius 1 is 0.600 bits per heavy atom.